The van der Waals surface area contributed by atoms with E-state index in [-0.39, 0.29) is 5.28 Å². The van der Waals surface area contributed by atoms with Crippen LogP contribution in [0.4, 0.5) is 5.82 Å². The van der Waals surface area contributed by atoms with Gasteiger partial charge in [0, 0.05) is 37.6 Å². The third kappa shape index (κ3) is 3.26. The SMILES string of the molecule is CN1CCN(C)C(CNc2nc(Cl)nc3ccccc23)C1. The number of piperazine rings is 1. The Kier molecular flexibility index (Phi) is 4.24. The molecule has 0 amide bonds. The average molecular weight is 306 g/mol. The molecule has 1 saturated heterocycles. The Hall–Kier alpha value is -1.43. The summed E-state index contributed by atoms with van der Waals surface area (Å²) in [6.07, 6.45) is 0. The zero-order valence-electron chi connectivity index (χ0n) is 12.4. The summed E-state index contributed by atoms with van der Waals surface area (Å²) in [5.41, 5.74) is 0.870. The van der Waals surface area contributed by atoms with E-state index in [1.807, 2.05) is 24.3 Å². The van der Waals surface area contributed by atoms with Crippen molar-refractivity contribution >= 4 is 28.3 Å². The molecule has 1 aromatic heterocycles. The van der Waals surface area contributed by atoms with Crippen LogP contribution in [0.3, 0.4) is 0 Å². The number of hydrogen-bond acceptors (Lipinski definition) is 5. The first-order valence-electron chi connectivity index (χ1n) is 7.18. The van der Waals surface area contributed by atoms with Crippen molar-refractivity contribution in [2.24, 2.45) is 0 Å². The van der Waals surface area contributed by atoms with E-state index in [1.54, 1.807) is 0 Å². The molecule has 0 aliphatic carbocycles. The van der Waals surface area contributed by atoms with Crippen LogP contribution < -0.4 is 5.32 Å². The van der Waals surface area contributed by atoms with Gasteiger partial charge in [-0.3, -0.25) is 4.90 Å². The van der Waals surface area contributed by atoms with Gasteiger partial charge in [-0.1, -0.05) is 12.1 Å². The van der Waals surface area contributed by atoms with E-state index in [4.69, 9.17) is 11.6 Å². The first-order chi connectivity index (χ1) is 10.1. The molecule has 1 N–H and O–H groups in total. The maximum absolute atomic E-state index is 6.02. The molecule has 2 heterocycles. The van der Waals surface area contributed by atoms with Crippen molar-refractivity contribution in [1.82, 2.24) is 19.8 Å². The summed E-state index contributed by atoms with van der Waals surface area (Å²) in [5, 5.41) is 4.74. The van der Waals surface area contributed by atoms with Crippen LogP contribution in [-0.2, 0) is 0 Å². The molecule has 0 bridgehead atoms. The molecule has 1 atom stereocenters. The highest BCUT2D eigenvalue weighted by Gasteiger charge is 2.22. The number of nitrogens with one attached hydrogen (secondary N) is 1. The van der Waals surface area contributed by atoms with E-state index in [0.717, 1.165) is 42.9 Å². The topological polar surface area (TPSA) is 44.3 Å². The number of anilines is 1. The van der Waals surface area contributed by atoms with Crippen LogP contribution in [-0.4, -0.2) is 66.1 Å². The van der Waals surface area contributed by atoms with Crippen molar-refractivity contribution in [1.29, 1.82) is 0 Å². The highest BCUT2D eigenvalue weighted by atomic mass is 35.5. The summed E-state index contributed by atoms with van der Waals surface area (Å²) in [6.45, 7) is 4.11. The van der Waals surface area contributed by atoms with Gasteiger partial charge >= 0.3 is 0 Å². The Morgan fingerprint density at radius 1 is 1.24 bits per heavy atom. The molecule has 3 rings (SSSR count). The Morgan fingerprint density at radius 2 is 2.05 bits per heavy atom. The second kappa shape index (κ2) is 6.13. The smallest absolute Gasteiger partial charge is 0.224 e. The first kappa shape index (κ1) is 14.5. The third-order valence-electron chi connectivity index (χ3n) is 4.06. The van der Waals surface area contributed by atoms with Crippen LogP contribution in [0.2, 0.25) is 5.28 Å². The molecule has 1 aliphatic heterocycles. The molecule has 0 spiro atoms. The fourth-order valence-corrected chi connectivity index (χ4v) is 2.89. The van der Waals surface area contributed by atoms with Crippen molar-refractivity contribution in [3.63, 3.8) is 0 Å². The number of benzene rings is 1. The molecule has 112 valence electrons. The van der Waals surface area contributed by atoms with Crippen molar-refractivity contribution in [2.45, 2.75) is 6.04 Å². The van der Waals surface area contributed by atoms with Gasteiger partial charge in [-0.15, -0.1) is 0 Å². The molecule has 2 aromatic rings. The number of rotatable bonds is 3. The molecule has 0 saturated carbocycles. The summed E-state index contributed by atoms with van der Waals surface area (Å²) in [5.74, 6) is 0.812. The van der Waals surface area contributed by atoms with Gasteiger partial charge in [0.05, 0.1) is 5.52 Å². The predicted octanol–water partition coefficient (Wildman–Crippen LogP) is 1.94. The summed E-state index contributed by atoms with van der Waals surface area (Å²) in [6, 6.07) is 8.39. The molecular weight excluding hydrogens is 286 g/mol. The third-order valence-corrected chi connectivity index (χ3v) is 4.23. The lowest BCUT2D eigenvalue weighted by atomic mass is 10.2. The molecule has 1 unspecified atom stereocenters. The number of aromatic nitrogens is 2. The zero-order valence-corrected chi connectivity index (χ0v) is 13.1. The Bertz CT molecular complexity index is 632. The highest BCUT2D eigenvalue weighted by Crippen LogP contribution is 2.22. The maximum Gasteiger partial charge on any atom is 0.224 e. The molecule has 5 nitrogen and oxygen atoms in total. The van der Waals surface area contributed by atoms with Gasteiger partial charge in [-0.25, -0.2) is 9.97 Å². The fraction of sp³-hybridized carbons (Fsp3) is 0.467. The molecule has 21 heavy (non-hydrogen) atoms. The summed E-state index contributed by atoms with van der Waals surface area (Å²) >= 11 is 6.02. The van der Waals surface area contributed by atoms with E-state index < -0.39 is 0 Å². The van der Waals surface area contributed by atoms with Gasteiger partial charge in [-0.05, 0) is 37.8 Å². The van der Waals surface area contributed by atoms with E-state index >= 15 is 0 Å². The van der Waals surface area contributed by atoms with Gasteiger partial charge in [0.25, 0.3) is 0 Å². The molecule has 1 aromatic carbocycles. The average Bonchev–Trinajstić information content (AvgIpc) is 2.47. The molecule has 1 aliphatic rings. The van der Waals surface area contributed by atoms with E-state index in [0.29, 0.717) is 6.04 Å². The van der Waals surface area contributed by atoms with Gasteiger partial charge in [-0.2, -0.15) is 0 Å². The number of fused-ring (bicyclic) bond motifs is 1. The Balaban J connectivity index is 1.78. The molecule has 0 radical (unpaired) electrons. The van der Waals surface area contributed by atoms with Gasteiger partial charge < -0.3 is 10.2 Å². The van der Waals surface area contributed by atoms with Gasteiger partial charge in [0.1, 0.15) is 5.82 Å². The van der Waals surface area contributed by atoms with Gasteiger partial charge in [0.15, 0.2) is 0 Å². The lowest BCUT2D eigenvalue weighted by Gasteiger charge is -2.37. The summed E-state index contributed by atoms with van der Waals surface area (Å²) in [7, 11) is 4.33. The largest absolute Gasteiger partial charge is 0.368 e. The number of nitrogens with zero attached hydrogens (tertiary/aromatic N) is 4. The number of halogens is 1. The number of para-hydroxylation sites is 1. The minimum absolute atomic E-state index is 0.283. The fourth-order valence-electron chi connectivity index (χ4n) is 2.72. The second-order valence-corrected chi connectivity index (χ2v) is 5.97. The normalized spacial score (nSPS) is 20.8. The van der Waals surface area contributed by atoms with Crippen LogP contribution in [0.1, 0.15) is 0 Å². The van der Waals surface area contributed by atoms with Crippen molar-refractivity contribution < 1.29 is 0 Å². The van der Waals surface area contributed by atoms with Crippen LogP contribution >= 0.6 is 11.6 Å². The minimum atomic E-state index is 0.283. The monoisotopic (exact) mass is 305 g/mol. The van der Waals surface area contributed by atoms with Crippen LogP contribution in [0.15, 0.2) is 24.3 Å². The molecular formula is C15H20ClN5. The van der Waals surface area contributed by atoms with Crippen LogP contribution in [0.5, 0.6) is 0 Å². The number of hydrogen-bond donors (Lipinski definition) is 1. The molecule has 6 heteroatoms. The van der Waals surface area contributed by atoms with Crippen molar-refractivity contribution in [2.75, 3.05) is 45.6 Å². The summed E-state index contributed by atoms with van der Waals surface area (Å²) in [4.78, 5) is 13.3. The quantitative estimate of drug-likeness (QED) is 0.878. The highest BCUT2D eigenvalue weighted by molar-refractivity contribution is 6.28. The van der Waals surface area contributed by atoms with E-state index in [1.165, 1.54) is 0 Å². The second-order valence-electron chi connectivity index (χ2n) is 5.64. The van der Waals surface area contributed by atoms with Crippen LogP contribution in [0.25, 0.3) is 10.9 Å². The standard InChI is InChI=1S/C15H20ClN5/c1-20-7-8-21(2)11(10-20)9-17-14-12-5-3-4-6-13(12)18-15(16)19-14/h3-6,11H,7-10H2,1-2H3,(H,17,18,19). The lowest BCUT2D eigenvalue weighted by Crippen LogP contribution is -2.52. The molecule has 1 fully saturated rings. The Labute approximate surface area is 129 Å². The first-order valence-corrected chi connectivity index (χ1v) is 7.56. The Morgan fingerprint density at radius 3 is 2.90 bits per heavy atom. The maximum atomic E-state index is 6.02. The van der Waals surface area contributed by atoms with Crippen molar-refractivity contribution in [3.8, 4) is 0 Å². The summed E-state index contributed by atoms with van der Waals surface area (Å²) < 4.78 is 0. The van der Waals surface area contributed by atoms with Crippen LogP contribution in [0, 0.1) is 0 Å². The lowest BCUT2D eigenvalue weighted by molar-refractivity contribution is 0.122. The van der Waals surface area contributed by atoms with Gasteiger partial charge in [0.2, 0.25) is 5.28 Å². The van der Waals surface area contributed by atoms with E-state index in [9.17, 15) is 0 Å². The predicted molar refractivity (Wildman–Crippen MR) is 87.0 cm³/mol. The van der Waals surface area contributed by atoms with E-state index in [2.05, 4.69) is 39.2 Å². The number of likely N-dealkylation sites (N-methyl/N-ethyl adjacent to an activating group) is 2. The van der Waals surface area contributed by atoms with Crippen molar-refractivity contribution in [3.05, 3.63) is 29.5 Å². The minimum Gasteiger partial charge on any atom is -0.368 e. The zero-order chi connectivity index (χ0) is 14.8.